The van der Waals surface area contributed by atoms with Crippen molar-refractivity contribution in [3.05, 3.63) is 125 Å². The zero-order chi connectivity index (χ0) is 29.4. The Kier molecular flexibility index (Phi) is 7.53. The molecular formula is C39H41NO2. The third kappa shape index (κ3) is 4.85. The summed E-state index contributed by atoms with van der Waals surface area (Å²) < 4.78 is 2.39. The minimum Gasteiger partial charge on any atom is -0.506 e. The molecule has 4 aromatic rings. The zero-order valence-electron chi connectivity index (χ0n) is 25.1. The predicted molar refractivity (Wildman–Crippen MR) is 175 cm³/mol. The van der Waals surface area contributed by atoms with Gasteiger partial charge in [-0.2, -0.15) is 0 Å². The minimum atomic E-state index is -0.390. The normalized spacial score (nSPS) is 17.2. The summed E-state index contributed by atoms with van der Waals surface area (Å²) in [7, 11) is 0. The van der Waals surface area contributed by atoms with Crippen molar-refractivity contribution < 1.29 is 9.90 Å². The number of rotatable bonds is 8. The molecule has 2 aliphatic carbocycles. The molecule has 1 saturated carbocycles. The molecule has 1 N–H and O–H groups in total. The van der Waals surface area contributed by atoms with Crippen molar-refractivity contribution in [1.82, 2.24) is 4.57 Å². The summed E-state index contributed by atoms with van der Waals surface area (Å²) in [5.74, 6) is 0.679. The van der Waals surface area contributed by atoms with E-state index in [0.717, 1.165) is 57.7 Å². The quantitative estimate of drug-likeness (QED) is 0.220. The summed E-state index contributed by atoms with van der Waals surface area (Å²) in [5, 5.41) is 12.6. The molecule has 2 aliphatic rings. The van der Waals surface area contributed by atoms with E-state index in [1.807, 2.05) is 36.4 Å². The smallest absolute Gasteiger partial charge is 0.201 e. The fourth-order valence-corrected chi connectivity index (χ4v) is 7.06. The van der Waals surface area contributed by atoms with E-state index >= 15 is 0 Å². The van der Waals surface area contributed by atoms with Gasteiger partial charge in [0.2, 0.25) is 5.78 Å². The molecule has 0 atom stereocenters. The first-order valence-electron chi connectivity index (χ1n) is 15.4. The maximum absolute atomic E-state index is 13.9. The van der Waals surface area contributed by atoms with Gasteiger partial charge in [0, 0.05) is 28.4 Å². The van der Waals surface area contributed by atoms with Crippen LogP contribution in [-0.4, -0.2) is 15.5 Å². The molecular weight excluding hydrogens is 514 g/mol. The zero-order valence-corrected chi connectivity index (χ0v) is 25.1. The van der Waals surface area contributed by atoms with Crippen LogP contribution in [0.5, 0.6) is 0 Å². The maximum atomic E-state index is 13.9. The molecule has 1 heterocycles. The third-order valence-electron chi connectivity index (χ3n) is 9.66. The van der Waals surface area contributed by atoms with Gasteiger partial charge in [-0.15, -0.1) is 0 Å². The Morgan fingerprint density at radius 1 is 0.952 bits per heavy atom. The summed E-state index contributed by atoms with van der Waals surface area (Å²) in [6.07, 6.45) is 9.51. The van der Waals surface area contributed by atoms with Crippen LogP contribution in [0.15, 0.2) is 108 Å². The van der Waals surface area contributed by atoms with Crippen LogP contribution in [0, 0.1) is 12.8 Å². The van der Waals surface area contributed by atoms with Crippen LogP contribution in [0.2, 0.25) is 0 Å². The van der Waals surface area contributed by atoms with E-state index in [4.69, 9.17) is 0 Å². The Morgan fingerprint density at radius 3 is 2.33 bits per heavy atom. The largest absolute Gasteiger partial charge is 0.506 e. The van der Waals surface area contributed by atoms with Crippen molar-refractivity contribution in [1.29, 1.82) is 0 Å². The van der Waals surface area contributed by atoms with E-state index in [1.165, 1.54) is 37.7 Å². The monoisotopic (exact) mass is 555 g/mol. The second-order valence-electron chi connectivity index (χ2n) is 12.6. The Morgan fingerprint density at radius 2 is 1.62 bits per heavy atom. The molecule has 0 spiro atoms. The molecule has 0 aliphatic heterocycles. The maximum Gasteiger partial charge on any atom is 0.201 e. The lowest BCUT2D eigenvalue weighted by atomic mass is 9.73. The average molecular weight is 556 g/mol. The molecule has 0 bridgehead atoms. The van der Waals surface area contributed by atoms with Gasteiger partial charge in [-0.05, 0) is 53.7 Å². The summed E-state index contributed by atoms with van der Waals surface area (Å²) in [4.78, 5) is 13.9. The van der Waals surface area contributed by atoms with Crippen LogP contribution in [0.4, 0.5) is 0 Å². The van der Waals surface area contributed by atoms with Gasteiger partial charge in [0.1, 0.15) is 5.76 Å². The summed E-state index contributed by atoms with van der Waals surface area (Å²) in [6, 6.07) is 26.9. The van der Waals surface area contributed by atoms with Crippen LogP contribution in [0.25, 0.3) is 27.7 Å². The lowest BCUT2D eigenvalue weighted by molar-refractivity contribution is -0.111. The van der Waals surface area contributed by atoms with Crippen LogP contribution in [-0.2, 0) is 16.8 Å². The number of ketones is 1. The van der Waals surface area contributed by atoms with Crippen molar-refractivity contribution in [2.75, 3.05) is 0 Å². The summed E-state index contributed by atoms with van der Waals surface area (Å²) in [5.41, 5.74) is 7.52. The highest BCUT2D eigenvalue weighted by Gasteiger charge is 2.39. The van der Waals surface area contributed by atoms with Crippen LogP contribution < -0.4 is 0 Å². The Labute approximate surface area is 249 Å². The van der Waals surface area contributed by atoms with Crippen molar-refractivity contribution >= 4 is 22.3 Å². The van der Waals surface area contributed by atoms with Gasteiger partial charge in [0.05, 0.1) is 16.8 Å². The van der Waals surface area contributed by atoms with Gasteiger partial charge in [-0.3, -0.25) is 4.79 Å². The molecule has 0 radical (unpaired) electrons. The Balaban J connectivity index is 1.45. The number of aryl methyl sites for hydroxylation is 2. The molecule has 0 saturated heterocycles. The number of carbonyl (C=O) groups excluding carboxylic acids is 1. The van der Waals surface area contributed by atoms with E-state index in [1.54, 1.807) is 6.08 Å². The number of nitrogens with zero attached hydrogens (tertiary/aromatic N) is 1. The first-order chi connectivity index (χ1) is 20.3. The fourth-order valence-electron chi connectivity index (χ4n) is 7.06. The van der Waals surface area contributed by atoms with E-state index < -0.39 is 0 Å². The highest BCUT2D eigenvalue weighted by molar-refractivity contribution is 6.41. The van der Waals surface area contributed by atoms with Crippen molar-refractivity contribution in [2.45, 2.75) is 71.3 Å². The van der Waals surface area contributed by atoms with E-state index in [2.05, 4.69) is 74.4 Å². The van der Waals surface area contributed by atoms with Gasteiger partial charge in [-0.25, -0.2) is 0 Å². The molecule has 42 heavy (non-hydrogen) atoms. The SMILES string of the molecule is C=C(/C=C1/C(=O)C(c2c(-c3ccccc3)n(CCC3CCCCC3)c3ccccc23)=C1O)C(C)(C)c1ccccc1C. The van der Waals surface area contributed by atoms with E-state index in [-0.39, 0.29) is 17.0 Å². The number of aliphatic hydroxyl groups excluding tert-OH is 1. The minimum absolute atomic E-state index is 0.0640. The number of aromatic nitrogens is 1. The van der Waals surface area contributed by atoms with Gasteiger partial charge < -0.3 is 9.67 Å². The number of carbonyl (C=O) groups is 1. The van der Waals surface area contributed by atoms with Gasteiger partial charge >= 0.3 is 0 Å². The third-order valence-corrected chi connectivity index (χ3v) is 9.66. The number of allylic oxidation sites excluding steroid dienone is 4. The highest BCUT2D eigenvalue weighted by Crippen LogP contribution is 2.47. The highest BCUT2D eigenvalue weighted by atomic mass is 16.3. The van der Waals surface area contributed by atoms with Gasteiger partial charge in [0.25, 0.3) is 0 Å². The molecule has 214 valence electrons. The average Bonchev–Trinajstić information content (AvgIpc) is 3.33. The second-order valence-corrected chi connectivity index (χ2v) is 12.6. The van der Waals surface area contributed by atoms with Crippen LogP contribution in [0.3, 0.4) is 0 Å². The molecule has 3 aromatic carbocycles. The Bertz CT molecular complexity index is 1720. The number of fused-ring (bicyclic) bond motifs is 1. The molecule has 1 fully saturated rings. The molecule has 0 amide bonds. The lowest BCUT2D eigenvalue weighted by Crippen LogP contribution is -2.25. The molecule has 0 unspecified atom stereocenters. The number of benzene rings is 3. The Hall–Kier alpha value is -4.11. The number of Topliss-reactive ketones (excluding diaryl/α,β-unsaturated/α-hetero) is 1. The first-order valence-corrected chi connectivity index (χ1v) is 15.4. The van der Waals surface area contributed by atoms with E-state index in [9.17, 15) is 9.90 Å². The van der Waals surface area contributed by atoms with Gasteiger partial charge in [0.15, 0.2) is 0 Å². The van der Waals surface area contributed by atoms with Gasteiger partial charge in [-0.1, -0.05) is 125 Å². The number of hydrogen-bond acceptors (Lipinski definition) is 2. The predicted octanol–water partition coefficient (Wildman–Crippen LogP) is 9.90. The number of para-hydroxylation sites is 1. The molecule has 3 heteroatoms. The fraction of sp³-hybridized carbons (Fsp3) is 0.308. The molecule has 3 nitrogen and oxygen atoms in total. The summed E-state index contributed by atoms with van der Waals surface area (Å²) >= 11 is 0. The molecule has 6 rings (SSSR count). The van der Waals surface area contributed by atoms with E-state index in [0.29, 0.717) is 11.1 Å². The summed E-state index contributed by atoms with van der Waals surface area (Å²) in [6.45, 7) is 11.6. The standard InChI is InChI=1S/C39H41NO2/c1-26-15-11-13-21-32(26)39(3,4)27(2)25-31-37(41)35(38(31)42)34-30-20-12-14-22-33(30)40(24-23-28-16-7-5-8-17-28)36(34)29-18-9-6-10-19-29/h6,9-15,18-22,25,28,41H,2,5,7-8,16-17,23-24H2,1,3-4H3/b31-25+. The van der Waals surface area contributed by atoms with Crippen molar-refractivity contribution in [3.8, 4) is 11.3 Å². The number of hydrogen-bond donors (Lipinski definition) is 1. The second kappa shape index (κ2) is 11.3. The van der Waals surface area contributed by atoms with Crippen molar-refractivity contribution in [2.24, 2.45) is 5.92 Å². The lowest BCUT2D eigenvalue weighted by Gasteiger charge is -2.30. The van der Waals surface area contributed by atoms with Crippen LogP contribution in [0.1, 0.15) is 69.1 Å². The topological polar surface area (TPSA) is 42.2 Å². The van der Waals surface area contributed by atoms with Crippen LogP contribution >= 0.6 is 0 Å². The first kappa shape index (κ1) is 28.0. The van der Waals surface area contributed by atoms with Crippen molar-refractivity contribution in [3.63, 3.8) is 0 Å². The molecule has 1 aromatic heterocycles. The number of aliphatic hydroxyl groups is 1.